The van der Waals surface area contributed by atoms with Gasteiger partial charge in [-0.25, -0.2) is 4.79 Å². The number of rotatable bonds is 4. The largest absolute Gasteiger partial charge is 0.493 e. The number of hydrogen-bond acceptors (Lipinski definition) is 3. The summed E-state index contributed by atoms with van der Waals surface area (Å²) in [6.07, 6.45) is 1.83. The molecule has 5 heteroatoms. The number of aryl methyl sites for hydroxylation is 1. The van der Waals surface area contributed by atoms with Gasteiger partial charge in [-0.05, 0) is 24.6 Å². The molecular formula is C17H20N2O2S. The second kappa shape index (κ2) is 6.83. The van der Waals surface area contributed by atoms with Crippen LogP contribution in [0.1, 0.15) is 34.7 Å². The van der Waals surface area contributed by atoms with Crippen molar-refractivity contribution in [2.45, 2.75) is 32.4 Å². The van der Waals surface area contributed by atoms with Gasteiger partial charge < -0.3 is 15.4 Å². The minimum atomic E-state index is -0.131. The molecule has 1 aliphatic heterocycles. The number of thiophene rings is 1. The van der Waals surface area contributed by atoms with Crippen LogP contribution in [0.15, 0.2) is 36.4 Å². The normalized spacial score (nSPS) is 16.5. The maximum absolute atomic E-state index is 12.1. The zero-order chi connectivity index (χ0) is 15.4. The summed E-state index contributed by atoms with van der Waals surface area (Å²) in [6, 6.07) is 11.9. The molecule has 116 valence electrons. The van der Waals surface area contributed by atoms with Gasteiger partial charge in [0.15, 0.2) is 0 Å². The third kappa shape index (κ3) is 3.42. The Balaban J connectivity index is 1.56. The van der Waals surface area contributed by atoms with E-state index >= 15 is 0 Å². The molecule has 1 aliphatic rings. The van der Waals surface area contributed by atoms with Crippen LogP contribution in [0.2, 0.25) is 0 Å². The van der Waals surface area contributed by atoms with Gasteiger partial charge in [0.05, 0.1) is 19.2 Å². The summed E-state index contributed by atoms with van der Waals surface area (Å²) in [5.74, 6) is 0.866. The summed E-state index contributed by atoms with van der Waals surface area (Å²) in [5, 5.41) is 5.97. The van der Waals surface area contributed by atoms with E-state index in [0.717, 1.165) is 24.2 Å². The van der Waals surface area contributed by atoms with Crippen LogP contribution in [-0.4, -0.2) is 12.6 Å². The lowest BCUT2D eigenvalue weighted by Gasteiger charge is -2.26. The summed E-state index contributed by atoms with van der Waals surface area (Å²) in [7, 11) is 0. The summed E-state index contributed by atoms with van der Waals surface area (Å²) in [4.78, 5) is 14.6. The van der Waals surface area contributed by atoms with E-state index in [1.807, 2.05) is 24.3 Å². The lowest BCUT2D eigenvalue weighted by molar-refractivity contribution is 0.223. The number of hydrogen-bond donors (Lipinski definition) is 2. The van der Waals surface area contributed by atoms with Gasteiger partial charge in [0.25, 0.3) is 0 Å². The van der Waals surface area contributed by atoms with E-state index in [9.17, 15) is 4.79 Å². The van der Waals surface area contributed by atoms with Crippen LogP contribution >= 0.6 is 11.3 Å². The molecule has 2 heterocycles. The SMILES string of the molecule is CCc1ccc(CNC(=O)N[C@@H]2CCOc3ccccc32)s1. The number of nitrogens with one attached hydrogen (secondary N) is 2. The molecule has 2 aromatic rings. The zero-order valence-corrected chi connectivity index (χ0v) is 13.4. The Labute approximate surface area is 134 Å². The molecule has 1 aromatic heterocycles. The van der Waals surface area contributed by atoms with E-state index < -0.39 is 0 Å². The number of fused-ring (bicyclic) bond motifs is 1. The lowest BCUT2D eigenvalue weighted by atomic mass is 10.0. The van der Waals surface area contributed by atoms with Crippen LogP contribution in [-0.2, 0) is 13.0 Å². The average molecular weight is 316 g/mol. The fourth-order valence-electron chi connectivity index (χ4n) is 2.58. The Kier molecular flexibility index (Phi) is 4.63. The van der Waals surface area contributed by atoms with E-state index in [1.165, 1.54) is 9.75 Å². The highest BCUT2D eigenvalue weighted by Crippen LogP contribution is 2.31. The van der Waals surface area contributed by atoms with Gasteiger partial charge in [-0.3, -0.25) is 0 Å². The number of carbonyl (C=O) groups excluding carboxylic acids is 1. The Morgan fingerprint density at radius 3 is 2.91 bits per heavy atom. The van der Waals surface area contributed by atoms with Crippen molar-refractivity contribution in [1.82, 2.24) is 10.6 Å². The monoisotopic (exact) mass is 316 g/mol. The topological polar surface area (TPSA) is 50.4 Å². The minimum absolute atomic E-state index is 0.0134. The first-order valence-corrected chi connectivity index (χ1v) is 8.41. The molecule has 1 aromatic carbocycles. The van der Waals surface area contributed by atoms with Gasteiger partial charge in [-0.2, -0.15) is 0 Å². The molecule has 1 atom stereocenters. The van der Waals surface area contributed by atoms with Gasteiger partial charge >= 0.3 is 6.03 Å². The molecule has 0 aliphatic carbocycles. The van der Waals surface area contributed by atoms with Gasteiger partial charge in [0.2, 0.25) is 0 Å². The summed E-state index contributed by atoms with van der Waals surface area (Å²) < 4.78 is 5.61. The zero-order valence-electron chi connectivity index (χ0n) is 12.6. The first-order chi connectivity index (χ1) is 10.8. The highest BCUT2D eigenvalue weighted by Gasteiger charge is 2.22. The maximum Gasteiger partial charge on any atom is 0.315 e. The predicted molar refractivity (Wildman–Crippen MR) is 88.4 cm³/mol. The molecule has 4 nitrogen and oxygen atoms in total. The Bertz CT molecular complexity index is 654. The van der Waals surface area contributed by atoms with Crippen molar-refractivity contribution in [3.8, 4) is 5.75 Å². The third-order valence-corrected chi connectivity index (χ3v) is 4.98. The van der Waals surface area contributed by atoms with Crippen LogP contribution in [0.25, 0.3) is 0 Å². The molecule has 0 spiro atoms. The molecule has 0 radical (unpaired) electrons. The molecule has 2 N–H and O–H groups in total. The van der Waals surface area contributed by atoms with Crippen molar-refractivity contribution in [2.24, 2.45) is 0 Å². The van der Waals surface area contributed by atoms with E-state index in [-0.39, 0.29) is 12.1 Å². The maximum atomic E-state index is 12.1. The van der Waals surface area contributed by atoms with Gasteiger partial charge in [-0.15, -0.1) is 11.3 Å². The molecule has 0 bridgehead atoms. The highest BCUT2D eigenvalue weighted by molar-refractivity contribution is 7.11. The number of ether oxygens (including phenoxy) is 1. The first kappa shape index (κ1) is 14.9. The second-order valence-electron chi connectivity index (χ2n) is 5.28. The quantitative estimate of drug-likeness (QED) is 0.905. The molecule has 0 saturated heterocycles. The number of urea groups is 1. The smallest absolute Gasteiger partial charge is 0.315 e. The molecule has 0 unspecified atom stereocenters. The van der Waals surface area contributed by atoms with Crippen LogP contribution in [0.4, 0.5) is 4.79 Å². The first-order valence-electron chi connectivity index (χ1n) is 7.60. The van der Waals surface area contributed by atoms with E-state index in [1.54, 1.807) is 11.3 Å². The molecular weight excluding hydrogens is 296 g/mol. The molecule has 0 fully saturated rings. The fraction of sp³-hybridized carbons (Fsp3) is 0.353. The van der Waals surface area contributed by atoms with Crippen LogP contribution < -0.4 is 15.4 Å². The van der Waals surface area contributed by atoms with E-state index in [0.29, 0.717) is 13.2 Å². The fourth-order valence-corrected chi connectivity index (χ4v) is 3.47. The van der Waals surface area contributed by atoms with Crippen molar-refractivity contribution in [3.63, 3.8) is 0 Å². The van der Waals surface area contributed by atoms with Gasteiger partial charge in [0, 0.05) is 21.7 Å². The average Bonchev–Trinajstić information content (AvgIpc) is 3.01. The highest BCUT2D eigenvalue weighted by atomic mass is 32.1. The molecule has 22 heavy (non-hydrogen) atoms. The van der Waals surface area contributed by atoms with Gasteiger partial charge in [0.1, 0.15) is 5.75 Å². The van der Waals surface area contributed by atoms with Crippen molar-refractivity contribution in [1.29, 1.82) is 0 Å². The van der Waals surface area contributed by atoms with Gasteiger partial charge in [-0.1, -0.05) is 25.1 Å². The Hall–Kier alpha value is -2.01. The van der Waals surface area contributed by atoms with Crippen LogP contribution in [0.5, 0.6) is 5.75 Å². The van der Waals surface area contributed by atoms with Crippen molar-refractivity contribution >= 4 is 17.4 Å². The molecule has 2 amide bonds. The standard InChI is InChI=1S/C17H20N2O2S/c1-2-12-7-8-13(22-12)11-18-17(20)19-15-9-10-21-16-6-4-3-5-14(15)16/h3-8,15H,2,9-11H2,1H3,(H2,18,19,20)/t15-/m1/s1. The second-order valence-corrected chi connectivity index (χ2v) is 6.53. The predicted octanol–water partition coefficient (Wildman–Crippen LogP) is 3.63. The lowest BCUT2D eigenvalue weighted by Crippen LogP contribution is -2.39. The van der Waals surface area contributed by atoms with Crippen LogP contribution in [0.3, 0.4) is 0 Å². The summed E-state index contributed by atoms with van der Waals surface area (Å²) in [6.45, 7) is 3.34. The van der Waals surface area contributed by atoms with Crippen molar-refractivity contribution in [3.05, 3.63) is 51.7 Å². The number of carbonyl (C=O) groups is 1. The number of para-hydroxylation sites is 1. The number of benzene rings is 1. The molecule has 0 saturated carbocycles. The van der Waals surface area contributed by atoms with Crippen LogP contribution in [0, 0.1) is 0 Å². The van der Waals surface area contributed by atoms with E-state index in [4.69, 9.17) is 4.74 Å². The number of amides is 2. The minimum Gasteiger partial charge on any atom is -0.493 e. The summed E-state index contributed by atoms with van der Waals surface area (Å²) >= 11 is 1.75. The Morgan fingerprint density at radius 2 is 2.09 bits per heavy atom. The third-order valence-electron chi connectivity index (χ3n) is 3.75. The van der Waals surface area contributed by atoms with Crippen molar-refractivity contribution < 1.29 is 9.53 Å². The Morgan fingerprint density at radius 1 is 1.27 bits per heavy atom. The molecule has 3 rings (SSSR count). The summed E-state index contributed by atoms with van der Waals surface area (Å²) in [5.41, 5.74) is 1.05. The van der Waals surface area contributed by atoms with E-state index in [2.05, 4.69) is 29.7 Å². The van der Waals surface area contributed by atoms with Crippen molar-refractivity contribution in [2.75, 3.05) is 6.61 Å².